The summed E-state index contributed by atoms with van der Waals surface area (Å²) in [5.41, 5.74) is 1.20. The summed E-state index contributed by atoms with van der Waals surface area (Å²) in [6, 6.07) is 7.66. The maximum absolute atomic E-state index is 12.2. The van der Waals surface area contributed by atoms with Gasteiger partial charge in [0.25, 0.3) is 5.52 Å². The van der Waals surface area contributed by atoms with E-state index in [9.17, 15) is 10.3 Å². The third-order valence-corrected chi connectivity index (χ3v) is 3.40. The molecule has 0 radical (unpaired) electrons. The molecule has 1 N–H and O–H groups in total. The van der Waals surface area contributed by atoms with E-state index in [2.05, 4.69) is 4.98 Å². The Morgan fingerprint density at radius 3 is 2.61 bits per heavy atom. The largest absolute Gasteiger partial charge is 0.618 e. The van der Waals surface area contributed by atoms with Crippen molar-refractivity contribution >= 4 is 45.3 Å². The van der Waals surface area contributed by atoms with Crippen LogP contribution < -0.4 is 4.73 Å². The summed E-state index contributed by atoms with van der Waals surface area (Å²) in [4.78, 5) is 4.28. The Morgan fingerprint density at radius 1 is 1.11 bits per heavy atom. The number of halogens is 2. The van der Waals surface area contributed by atoms with E-state index >= 15 is 0 Å². The smallest absolute Gasteiger partial charge is 0.285 e. The summed E-state index contributed by atoms with van der Waals surface area (Å²) >= 11 is 11.8. The number of phenolic OH excluding ortho intramolecular Hbond substituents is 1. The number of hydrogen-bond donors (Lipinski definition) is 1. The molecule has 1 heterocycles. The van der Waals surface area contributed by atoms with Crippen LogP contribution in [0, 0.1) is 5.21 Å². The lowest BCUT2D eigenvalue weighted by atomic mass is 10.2. The molecule has 90 valence electrons. The van der Waals surface area contributed by atoms with Crippen LogP contribution in [0.2, 0.25) is 10.0 Å². The highest BCUT2D eigenvalue weighted by atomic mass is 35.5. The molecule has 0 amide bonds. The molecule has 0 saturated heterocycles. The minimum Gasteiger partial charge on any atom is -0.618 e. The topological polar surface area (TPSA) is 60.1 Å². The van der Waals surface area contributed by atoms with Crippen molar-refractivity contribution in [2.45, 2.75) is 0 Å². The number of hydrogen-bond acceptors (Lipinski definition) is 3. The van der Waals surface area contributed by atoms with Crippen LogP contribution in [0.3, 0.4) is 0 Å². The molecule has 4 nitrogen and oxygen atoms in total. The Bertz CT molecular complexity index is 790. The van der Waals surface area contributed by atoms with E-state index in [1.54, 1.807) is 12.1 Å². The number of nitrogens with zero attached hydrogens (tertiary/aromatic N) is 2. The minimum atomic E-state index is -0.122. The lowest BCUT2D eigenvalue weighted by Crippen LogP contribution is -2.28. The maximum atomic E-state index is 12.2. The number of rotatable bonds is 0. The molecule has 18 heavy (non-hydrogen) atoms. The fourth-order valence-corrected chi connectivity index (χ4v) is 2.16. The monoisotopic (exact) mass is 280 g/mol. The zero-order valence-corrected chi connectivity index (χ0v) is 10.4. The van der Waals surface area contributed by atoms with Crippen molar-refractivity contribution in [2.75, 3.05) is 0 Å². The van der Waals surface area contributed by atoms with E-state index in [1.807, 2.05) is 0 Å². The molecule has 0 spiro atoms. The molecule has 0 unspecified atom stereocenters. The number of fused-ring (bicyclic) bond motifs is 2. The van der Waals surface area contributed by atoms with Crippen molar-refractivity contribution in [1.82, 2.24) is 4.98 Å². The Hall–Kier alpha value is -1.78. The first kappa shape index (κ1) is 11.3. The number of aromatic nitrogens is 2. The van der Waals surface area contributed by atoms with Gasteiger partial charge in [-0.3, -0.25) is 0 Å². The molecule has 1 aromatic heterocycles. The molecule has 0 atom stereocenters. The summed E-state index contributed by atoms with van der Waals surface area (Å²) in [6.07, 6.45) is 0. The van der Waals surface area contributed by atoms with E-state index in [1.165, 1.54) is 18.2 Å². The van der Waals surface area contributed by atoms with Gasteiger partial charge in [0.05, 0.1) is 10.0 Å². The summed E-state index contributed by atoms with van der Waals surface area (Å²) < 4.78 is 0.606. The van der Waals surface area contributed by atoms with Gasteiger partial charge in [0.15, 0.2) is 5.75 Å². The summed E-state index contributed by atoms with van der Waals surface area (Å²) in [6.45, 7) is 0. The van der Waals surface area contributed by atoms with Gasteiger partial charge in [-0.1, -0.05) is 29.3 Å². The van der Waals surface area contributed by atoms with E-state index in [0.29, 0.717) is 20.8 Å². The second kappa shape index (κ2) is 3.86. The van der Waals surface area contributed by atoms with Gasteiger partial charge in [0.2, 0.25) is 5.52 Å². The van der Waals surface area contributed by atoms with Crippen molar-refractivity contribution in [2.24, 2.45) is 0 Å². The predicted octanol–water partition coefficient (Wildman–Crippen LogP) is 3.03. The first-order valence-electron chi connectivity index (χ1n) is 5.08. The average molecular weight is 281 g/mol. The van der Waals surface area contributed by atoms with Crippen LogP contribution in [0.1, 0.15) is 0 Å². The zero-order chi connectivity index (χ0) is 12.9. The third kappa shape index (κ3) is 1.54. The van der Waals surface area contributed by atoms with Crippen molar-refractivity contribution in [3.63, 3.8) is 0 Å². The molecular formula is C12H6Cl2N2O2. The minimum absolute atomic E-state index is 0.114. The Morgan fingerprint density at radius 2 is 1.83 bits per heavy atom. The third-order valence-electron chi connectivity index (χ3n) is 2.67. The molecular weight excluding hydrogens is 275 g/mol. The molecule has 3 aromatic rings. The van der Waals surface area contributed by atoms with Gasteiger partial charge in [-0.2, -0.15) is 4.73 Å². The fourth-order valence-electron chi connectivity index (χ4n) is 1.85. The van der Waals surface area contributed by atoms with Gasteiger partial charge >= 0.3 is 0 Å². The van der Waals surface area contributed by atoms with Crippen molar-refractivity contribution in [3.05, 3.63) is 45.6 Å². The normalized spacial score (nSPS) is 11.2. The first-order valence-corrected chi connectivity index (χ1v) is 5.83. The highest BCUT2D eigenvalue weighted by Crippen LogP contribution is 2.28. The lowest BCUT2D eigenvalue weighted by molar-refractivity contribution is -0.548. The van der Waals surface area contributed by atoms with Gasteiger partial charge in [-0.05, 0) is 18.2 Å². The van der Waals surface area contributed by atoms with Crippen LogP contribution in [0.5, 0.6) is 5.75 Å². The van der Waals surface area contributed by atoms with E-state index in [4.69, 9.17) is 23.2 Å². The predicted molar refractivity (Wildman–Crippen MR) is 69.9 cm³/mol. The Kier molecular flexibility index (Phi) is 2.43. The molecule has 0 aliphatic rings. The van der Waals surface area contributed by atoms with Crippen LogP contribution >= 0.6 is 23.2 Å². The van der Waals surface area contributed by atoms with E-state index in [0.717, 1.165) is 0 Å². The number of aromatic hydroxyl groups is 1. The molecule has 0 fully saturated rings. The van der Waals surface area contributed by atoms with Gasteiger partial charge in [0, 0.05) is 6.07 Å². The highest BCUT2D eigenvalue weighted by molar-refractivity contribution is 6.42. The molecule has 3 rings (SSSR count). The quantitative estimate of drug-likeness (QED) is 0.391. The number of para-hydroxylation sites is 1. The van der Waals surface area contributed by atoms with Crippen molar-refractivity contribution in [1.29, 1.82) is 0 Å². The van der Waals surface area contributed by atoms with Gasteiger partial charge < -0.3 is 10.3 Å². The fraction of sp³-hybridized carbons (Fsp3) is 0. The summed E-state index contributed by atoms with van der Waals surface area (Å²) in [7, 11) is 0. The first-order chi connectivity index (χ1) is 8.58. The molecule has 6 heteroatoms. The summed E-state index contributed by atoms with van der Waals surface area (Å²) in [5, 5.41) is 22.5. The highest BCUT2D eigenvalue weighted by Gasteiger charge is 2.17. The van der Waals surface area contributed by atoms with Gasteiger partial charge in [-0.25, -0.2) is 4.98 Å². The second-order valence-corrected chi connectivity index (χ2v) is 4.62. The number of phenols is 1. The molecule has 0 bridgehead atoms. The maximum Gasteiger partial charge on any atom is 0.285 e. The standard InChI is InChI=1S/C12H6Cl2N2O2/c13-6-4-9-10(5-7(6)14)16(18)12-8(15-9)2-1-3-11(12)17/h1-5,17H. The molecule has 0 aliphatic carbocycles. The van der Waals surface area contributed by atoms with Crippen molar-refractivity contribution < 1.29 is 9.84 Å². The lowest BCUT2D eigenvalue weighted by Gasteiger charge is -2.07. The zero-order valence-electron chi connectivity index (χ0n) is 8.89. The van der Waals surface area contributed by atoms with E-state index < -0.39 is 0 Å². The van der Waals surface area contributed by atoms with Crippen LogP contribution in [-0.2, 0) is 0 Å². The average Bonchev–Trinajstić information content (AvgIpc) is 2.32. The Labute approximate surface area is 112 Å². The summed E-state index contributed by atoms with van der Waals surface area (Å²) in [5.74, 6) is -0.122. The number of benzene rings is 2. The van der Waals surface area contributed by atoms with Crippen LogP contribution in [0.4, 0.5) is 0 Å². The van der Waals surface area contributed by atoms with E-state index in [-0.39, 0.29) is 21.8 Å². The Balaban J connectivity index is 2.57. The van der Waals surface area contributed by atoms with Crippen LogP contribution in [0.15, 0.2) is 30.3 Å². The molecule has 0 saturated carbocycles. The van der Waals surface area contributed by atoms with Crippen molar-refractivity contribution in [3.8, 4) is 5.75 Å². The van der Waals surface area contributed by atoms with Gasteiger partial charge in [-0.15, -0.1) is 0 Å². The van der Waals surface area contributed by atoms with Crippen LogP contribution in [-0.4, -0.2) is 10.1 Å². The SMILES string of the molecule is [O-][n+]1c2cc(Cl)c(Cl)cc2nc2cccc(O)c21. The second-order valence-electron chi connectivity index (χ2n) is 3.81. The van der Waals surface area contributed by atoms with Gasteiger partial charge in [0.1, 0.15) is 11.0 Å². The molecule has 2 aromatic carbocycles. The van der Waals surface area contributed by atoms with Crippen LogP contribution in [0.25, 0.3) is 22.1 Å². The molecule has 0 aliphatic heterocycles.